The normalized spacial score (nSPS) is 14.1. The molecule has 0 saturated heterocycles. The molecule has 0 bridgehead atoms. The van der Waals surface area contributed by atoms with Gasteiger partial charge in [0, 0.05) is 17.8 Å². The number of rotatable bonds is 7. The number of hydrogen-bond donors (Lipinski definition) is 2. The number of aromatic nitrogens is 3. The summed E-state index contributed by atoms with van der Waals surface area (Å²) in [7, 11) is 0. The Balaban J connectivity index is 1.64. The van der Waals surface area contributed by atoms with Crippen LogP contribution in [0.15, 0.2) is 18.3 Å². The predicted octanol–water partition coefficient (Wildman–Crippen LogP) is 3.79. The number of alkyl halides is 3. The number of carbonyl (C=O) groups is 2. The maximum atomic E-state index is 12.7. The van der Waals surface area contributed by atoms with Crippen molar-refractivity contribution in [3.8, 4) is 5.88 Å². The van der Waals surface area contributed by atoms with Crippen LogP contribution in [0.4, 0.5) is 19.1 Å². The molecule has 12 heteroatoms. The number of pyridine rings is 1. The third-order valence-electron chi connectivity index (χ3n) is 4.43. The van der Waals surface area contributed by atoms with Gasteiger partial charge in [-0.05, 0) is 45.7 Å². The van der Waals surface area contributed by atoms with E-state index in [9.17, 15) is 22.8 Å². The standard InChI is InChI=1S/C20H21ClF3N5O3/c1-10-6-14(27-18(26-10)28-15(30)11-4-5-11)16(31)29-19(2,3)9-32-17-13(21)7-12(8-25-17)20(22,23)24/h6-8,11H,4-5,9H2,1-3H3,(H,29,31)(H,26,27,28,30). The van der Waals surface area contributed by atoms with Gasteiger partial charge in [0.25, 0.3) is 5.91 Å². The van der Waals surface area contributed by atoms with Gasteiger partial charge in [-0.15, -0.1) is 0 Å². The van der Waals surface area contributed by atoms with Crippen LogP contribution in [0, 0.1) is 12.8 Å². The highest BCUT2D eigenvalue weighted by atomic mass is 35.5. The van der Waals surface area contributed by atoms with Crippen LogP contribution in [0.3, 0.4) is 0 Å². The fourth-order valence-corrected chi connectivity index (χ4v) is 2.86. The SMILES string of the molecule is Cc1cc(C(=O)NC(C)(C)COc2ncc(C(F)(F)F)cc2Cl)nc(NC(=O)C2CC2)n1. The van der Waals surface area contributed by atoms with E-state index in [4.69, 9.17) is 16.3 Å². The lowest BCUT2D eigenvalue weighted by Gasteiger charge is -2.26. The number of ether oxygens (including phenoxy) is 1. The summed E-state index contributed by atoms with van der Waals surface area (Å²) in [6, 6.07) is 2.18. The predicted molar refractivity (Wildman–Crippen MR) is 109 cm³/mol. The van der Waals surface area contributed by atoms with Crippen LogP contribution in [-0.4, -0.2) is 38.9 Å². The van der Waals surface area contributed by atoms with Gasteiger partial charge in [-0.25, -0.2) is 15.0 Å². The van der Waals surface area contributed by atoms with Gasteiger partial charge < -0.3 is 10.1 Å². The minimum Gasteiger partial charge on any atom is -0.474 e. The molecule has 2 N–H and O–H groups in total. The van der Waals surface area contributed by atoms with Crippen molar-refractivity contribution in [2.75, 3.05) is 11.9 Å². The first-order valence-corrected chi connectivity index (χ1v) is 10.1. The van der Waals surface area contributed by atoms with Gasteiger partial charge in [-0.1, -0.05) is 11.6 Å². The second-order valence-electron chi connectivity index (χ2n) is 8.12. The van der Waals surface area contributed by atoms with E-state index in [0.717, 1.165) is 18.9 Å². The molecule has 1 aliphatic carbocycles. The molecule has 0 atom stereocenters. The number of carbonyl (C=O) groups excluding carboxylic acids is 2. The molecular weight excluding hydrogens is 451 g/mol. The van der Waals surface area contributed by atoms with Crippen molar-refractivity contribution in [2.24, 2.45) is 5.92 Å². The first kappa shape index (κ1) is 23.7. The lowest BCUT2D eigenvalue weighted by molar-refractivity contribution is -0.137. The molecule has 0 aromatic carbocycles. The fourth-order valence-electron chi connectivity index (χ4n) is 2.64. The molecule has 0 aliphatic heterocycles. The van der Waals surface area contributed by atoms with Crippen LogP contribution in [0.1, 0.15) is 48.4 Å². The van der Waals surface area contributed by atoms with E-state index in [1.54, 1.807) is 20.8 Å². The van der Waals surface area contributed by atoms with Crippen molar-refractivity contribution in [3.05, 3.63) is 40.3 Å². The lowest BCUT2D eigenvalue weighted by atomic mass is 10.1. The number of hydrogen-bond acceptors (Lipinski definition) is 6. The summed E-state index contributed by atoms with van der Waals surface area (Å²) in [5, 5.41) is 5.02. The van der Waals surface area contributed by atoms with E-state index in [0.29, 0.717) is 11.9 Å². The van der Waals surface area contributed by atoms with Crippen molar-refractivity contribution in [3.63, 3.8) is 0 Å². The number of aryl methyl sites for hydroxylation is 1. The van der Waals surface area contributed by atoms with E-state index in [-0.39, 0.29) is 41.0 Å². The minimum atomic E-state index is -4.57. The van der Waals surface area contributed by atoms with Crippen LogP contribution < -0.4 is 15.4 Å². The van der Waals surface area contributed by atoms with Crippen LogP contribution in [0.25, 0.3) is 0 Å². The summed E-state index contributed by atoms with van der Waals surface area (Å²) in [4.78, 5) is 36.5. The average Bonchev–Trinajstić information content (AvgIpc) is 3.50. The summed E-state index contributed by atoms with van der Waals surface area (Å²) in [6.45, 7) is 4.82. The highest BCUT2D eigenvalue weighted by molar-refractivity contribution is 6.31. The first-order chi connectivity index (χ1) is 14.8. The highest BCUT2D eigenvalue weighted by Gasteiger charge is 2.32. The minimum absolute atomic E-state index is 0.0434. The van der Waals surface area contributed by atoms with Gasteiger partial charge in [0.2, 0.25) is 17.7 Å². The van der Waals surface area contributed by atoms with Crippen molar-refractivity contribution in [1.29, 1.82) is 0 Å². The van der Waals surface area contributed by atoms with Crippen molar-refractivity contribution in [2.45, 2.75) is 45.3 Å². The second-order valence-corrected chi connectivity index (χ2v) is 8.52. The largest absolute Gasteiger partial charge is 0.474 e. The quantitative estimate of drug-likeness (QED) is 0.636. The maximum absolute atomic E-state index is 12.7. The van der Waals surface area contributed by atoms with Gasteiger partial charge in [0.05, 0.1) is 11.1 Å². The molecule has 0 spiro atoms. The topological polar surface area (TPSA) is 106 Å². The zero-order valence-electron chi connectivity index (χ0n) is 17.5. The number of nitrogens with one attached hydrogen (secondary N) is 2. The molecule has 2 aromatic rings. The Bertz CT molecular complexity index is 1040. The summed E-state index contributed by atoms with van der Waals surface area (Å²) in [5.74, 6) is -0.918. The van der Waals surface area contributed by atoms with Gasteiger partial charge in [-0.2, -0.15) is 13.2 Å². The highest BCUT2D eigenvalue weighted by Crippen LogP contribution is 2.33. The molecule has 1 fully saturated rings. The molecular formula is C20H21ClF3N5O3. The van der Waals surface area contributed by atoms with Gasteiger partial charge in [0.1, 0.15) is 17.3 Å². The number of amides is 2. The third-order valence-corrected chi connectivity index (χ3v) is 4.70. The van der Waals surface area contributed by atoms with E-state index in [2.05, 4.69) is 25.6 Å². The van der Waals surface area contributed by atoms with Crippen molar-refractivity contribution < 1.29 is 27.5 Å². The second kappa shape index (κ2) is 8.89. The summed E-state index contributed by atoms with van der Waals surface area (Å²) >= 11 is 5.84. The molecule has 172 valence electrons. The van der Waals surface area contributed by atoms with Crippen molar-refractivity contribution in [1.82, 2.24) is 20.3 Å². The molecule has 3 rings (SSSR count). The molecule has 32 heavy (non-hydrogen) atoms. The molecule has 1 aliphatic rings. The summed E-state index contributed by atoms with van der Waals surface area (Å²) in [6.07, 6.45) is -2.32. The Morgan fingerprint density at radius 2 is 1.91 bits per heavy atom. The van der Waals surface area contributed by atoms with Crippen LogP contribution in [-0.2, 0) is 11.0 Å². The Hall–Kier alpha value is -2.95. The first-order valence-electron chi connectivity index (χ1n) is 9.69. The number of anilines is 1. The van der Waals surface area contributed by atoms with Crippen LogP contribution in [0.2, 0.25) is 5.02 Å². The molecule has 1 saturated carbocycles. The maximum Gasteiger partial charge on any atom is 0.417 e. The Morgan fingerprint density at radius 1 is 1.22 bits per heavy atom. The lowest BCUT2D eigenvalue weighted by Crippen LogP contribution is -2.48. The molecule has 0 unspecified atom stereocenters. The van der Waals surface area contributed by atoms with Gasteiger partial charge in [0.15, 0.2) is 0 Å². The Morgan fingerprint density at radius 3 is 2.50 bits per heavy atom. The van der Waals surface area contributed by atoms with Gasteiger partial charge >= 0.3 is 6.18 Å². The Labute approximate surface area is 186 Å². The molecule has 2 aromatic heterocycles. The summed E-state index contributed by atoms with van der Waals surface area (Å²) < 4.78 is 43.6. The smallest absolute Gasteiger partial charge is 0.417 e. The zero-order valence-corrected chi connectivity index (χ0v) is 18.3. The average molecular weight is 472 g/mol. The van der Waals surface area contributed by atoms with E-state index >= 15 is 0 Å². The van der Waals surface area contributed by atoms with Crippen LogP contribution >= 0.6 is 11.6 Å². The van der Waals surface area contributed by atoms with E-state index < -0.39 is 23.2 Å². The monoisotopic (exact) mass is 471 g/mol. The van der Waals surface area contributed by atoms with E-state index in [1.165, 1.54) is 6.07 Å². The molecule has 2 heterocycles. The fraction of sp³-hybridized carbons (Fsp3) is 0.450. The van der Waals surface area contributed by atoms with Gasteiger partial charge in [-0.3, -0.25) is 14.9 Å². The molecule has 2 amide bonds. The van der Waals surface area contributed by atoms with Crippen molar-refractivity contribution >= 4 is 29.4 Å². The Kier molecular flexibility index (Phi) is 6.59. The van der Waals surface area contributed by atoms with E-state index in [1.807, 2.05) is 0 Å². The number of nitrogens with zero attached hydrogens (tertiary/aromatic N) is 3. The zero-order chi connectivity index (χ0) is 23.7. The third kappa shape index (κ3) is 6.28. The summed E-state index contributed by atoms with van der Waals surface area (Å²) in [5.41, 5.74) is -1.42. The van der Waals surface area contributed by atoms with Crippen LogP contribution in [0.5, 0.6) is 5.88 Å². The molecule has 0 radical (unpaired) electrons. The molecule has 8 nitrogen and oxygen atoms in total. The number of halogens is 4.